The van der Waals surface area contributed by atoms with Gasteiger partial charge in [-0.25, -0.2) is 9.79 Å². The van der Waals surface area contributed by atoms with Crippen molar-refractivity contribution in [3.8, 4) is 5.75 Å². The van der Waals surface area contributed by atoms with Crippen molar-refractivity contribution in [2.24, 2.45) is 4.99 Å². The summed E-state index contributed by atoms with van der Waals surface area (Å²) in [5.74, 6) is -0.878. The topological polar surface area (TPSA) is 85.2 Å². The van der Waals surface area contributed by atoms with Gasteiger partial charge in [-0.05, 0) is 81.2 Å². The van der Waals surface area contributed by atoms with Crippen LogP contribution in [-0.4, -0.2) is 28.6 Å². The Morgan fingerprint density at radius 3 is 2.45 bits per heavy atom. The van der Waals surface area contributed by atoms with Crippen LogP contribution in [0.25, 0.3) is 16.8 Å². The van der Waals surface area contributed by atoms with Crippen LogP contribution in [0.15, 0.2) is 117 Å². The predicted octanol–water partition coefficient (Wildman–Crippen LogP) is 7.88. The van der Waals surface area contributed by atoms with E-state index in [1.165, 1.54) is 5.39 Å². The van der Waals surface area contributed by atoms with E-state index in [1.807, 2.05) is 36.4 Å². The fourth-order valence-corrected chi connectivity index (χ4v) is 5.62. The van der Waals surface area contributed by atoms with E-state index in [9.17, 15) is 14.7 Å². The lowest BCUT2D eigenvalue weighted by Gasteiger charge is -2.10. The molecule has 4 aromatic carbocycles. The second-order valence-corrected chi connectivity index (χ2v) is 10.7. The van der Waals surface area contributed by atoms with Gasteiger partial charge >= 0.3 is 5.97 Å². The van der Waals surface area contributed by atoms with E-state index in [0.717, 1.165) is 32.7 Å². The molecule has 200 valence electrons. The molecule has 0 atom stereocenters. The fraction of sp³-hybridized carbons (Fsp3) is 0.0938. The van der Waals surface area contributed by atoms with Crippen LogP contribution in [0.5, 0.6) is 5.75 Å². The van der Waals surface area contributed by atoms with Crippen molar-refractivity contribution in [1.82, 2.24) is 0 Å². The molecule has 1 aliphatic heterocycles. The summed E-state index contributed by atoms with van der Waals surface area (Å²) in [5, 5.41) is 13.4. The molecule has 0 aliphatic carbocycles. The summed E-state index contributed by atoms with van der Waals surface area (Å²) in [4.78, 5) is 29.9. The van der Waals surface area contributed by atoms with Crippen LogP contribution < -0.4 is 4.74 Å². The molecule has 0 fully saturated rings. The van der Waals surface area contributed by atoms with Gasteiger partial charge in [-0.15, -0.1) is 0 Å². The molecule has 0 radical (unpaired) electrons. The van der Waals surface area contributed by atoms with Gasteiger partial charge in [0, 0.05) is 5.56 Å². The number of aliphatic hydroxyl groups excluding tert-OH is 1. The molecule has 0 unspecified atom stereocenters. The van der Waals surface area contributed by atoms with Crippen LogP contribution in [0.2, 0.25) is 0 Å². The Labute approximate surface area is 244 Å². The zero-order valence-corrected chi connectivity index (χ0v) is 23.9. The minimum Gasteiger partial charge on any atom is -0.506 e. The number of esters is 1. The monoisotopic (exact) mass is 613 g/mol. The number of hydrogen-bond donors (Lipinski definition) is 1. The third-order valence-electron chi connectivity index (χ3n) is 6.06. The molecule has 5 rings (SSSR count). The summed E-state index contributed by atoms with van der Waals surface area (Å²) in [6.07, 6.45) is 1.71. The molecule has 0 saturated carbocycles. The van der Waals surface area contributed by atoms with Crippen LogP contribution in [0.3, 0.4) is 0 Å². The van der Waals surface area contributed by atoms with E-state index in [0.29, 0.717) is 22.8 Å². The van der Waals surface area contributed by atoms with Crippen molar-refractivity contribution in [3.63, 3.8) is 0 Å². The van der Waals surface area contributed by atoms with Gasteiger partial charge < -0.3 is 14.6 Å². The summed E-state index contributed by atoms with van der Waals surface area (Å²) < 4.78 is 11.9. The zero-order chi connectivity index (χ0) is 28.1. The number of aliphatic imine (C=N–C) groups is 1. The second kappa shape index (κ2) is 12.4. The molecule has 1 N–H and O–H groups in total. The minimum absolute atomic E-state index is 0.0884. The summed E-state index contributed by atoms with van der Waals surface area (Å²) in [6.45, 7) is 2.19. The van der Waals surface area contributed by atoms with E-state index in [2.05, 4.69) is 45.2 Å². The lowest BCUT2D eigenvalue weighted by molar-refractivity contribution is -0.138. The zero-order valence-electron chi connectivity index (χ0n) is 21.5. The summed E-state index contributed by atoms with van der Waals surface area (Å²) in [6, 6.07) is 28.5. The van der Waals surface area contributed by atoms with Crippen LogP contribution in [0, 0.1) is 0 Å². The maximum absolute atomic E-state index is 12.7. The molecule has 4 aromatic rings. The van der Waals surface area contributed by atoms with Gasteiger partial charge in [0.15, 0.2) is 0 Å². The molecule has 0 spiro atoms. The Bertz CT molecular complexity index is 1690. The maximum atomic E-state index is 12.7. The van der Waals surface area contributed by atoms with Crippen LogP contribution in [0.4, 0.5) is 0 Å². The Morgan fingerprint density at radius 2 is 1.70 bits per heavy atom. The first-order valence-corrected chi connectivity index (χ1v) is 14.1. The van der Waals surface area contributed by atoms with Gasteiger partial charge in [0.25, 0.3) is 5.91 Å². The highest BCUT2D eigenvalue weighted by Crippen LogP contribution is 2.40. The van der Waals surface area contributed by atoms with Crippen LogP contribution >= 0.6 is 27.7 Å². The van der Waals surface area contributed by atoms with E-state index in [-0.39, 0.29) is 23.0 Å². The number of hydrogen-bond acceptors (Lipinski definition) is 6. The standard InChI is InChI=1S/C32H24BrNO5S/c1-2-38-32(37)28-29(35)27(40-31(28)34-30(36)23-9-4-3-5-10-23)18-20-13-15-26(25(33)17-20)39-19-21-12-14-22-8-6-7-11-24(22)16-21/h3-18,35H,2,19H2,1H3/b27-18-,34-31?. The largest absolute Gasteiger partial charge is 0.506 e. The highest BCUT2D eigenvalue weighted by Gasteiger charge is 2.34. The number of carbonyl (C=O) groups excluding carboxylic acids is 2. The summed E-state index contributed by atoms with van der Waals surface area (Å²) in [5.41, 5.74) is 2.05. The Balaban J connectivity index is 1.36. The lowest BCUT2D eigenvalue weighted by Crippen LogP contribution is -2.14. The van der Waals surface area contributed by atoms with Crippen molar-refractivity contribution in [1.29, 1.82) is 0 Å². The first kappa shape index (κ1) is 27.4. The molecular weight excluding hydrogens is 590 g/mol. The number of halogens is 1. The molecule has 40 heavy (non-hydrogen) atoms. The SMILES string of the molecule is CCOC(=O)C1=C(O)/C(=C/c2ccc(OCc3ccc4ccccc4c3)c(Br)c2)SC1=NC(=O)c1ccccc1. The van der Waals surface area contributed by atoms with Crippen molar-refractivity contribution in [2.75, 3.05) is 6.61 Å². The minimum atomic E-state index is -0.742. The quantitative estimate of drug-likeness (QED) is 0.213. The molecule has 0 saturated heterocycles. The number of nitrogens with zero attached hydrogens (tertiary/aromatic N) is 1. The molecule has 1 aliphatic rings. The number of thioether (sulfide) groups is 1. The van der Waals surface area contributed by atoms with E-state index in [4.69, 9.17) is 9.47 Å². The van der Waals surface area contributed by atoms with Crippen LogP contribution in [-0.2, 0) is 16.1 Å². The van der Waals surface area contributed by atoms with Gasteiger partial charge in [-0.3, -0.25) is 4.79 Å². The van der Waals surface area contributed by atoms with Gasteiger partial charge in [0.05, 0.1) is 16.0 Å². The number of fused-ring (bicyclic) bond motifs is 1. The number of ether oxygens (including phenoxy) is 2. The van der Waals surface area contributed by atoms with Gasteiger partial charge in [-0.1, -0.05) is 72.4 Å². The fourth-order valence-electron chi connectivity index (χ4n) is 4.09. The van der Waals surface area contributed by atoms with Crippen LogP contribution in [0.1, 0.15) is 28.4 Å². The normalized spacial score (nSPS) is 15.2. The van der Waals surface area contributed by atoms with E-state index < -0.39 is 11.9 Å². The molecule has 0 aromatic heterocycles. The number of benzene rings is 4. The third-order valence-corrected chi connectivity index (χ3v) is 7.70. The first-order valence-electron chi connectivity index (χ1n) is 12.5. The lowest BCUT2D eigenvalue weighted by atomic mass is 10.1. The van der Waals surface area contributed by atoms with Crippen molar-refractivity contribution in [2.45, 2.75) is 13.5 Å². The van der Waals surface area contributed by atoms with E-state index in [1.54, 1.807) is 43.3 Å². The maximum Gasteiger partial charge on any atom is 0.344 e. The third kappa shape index (κ3) is 6.19. The second-order valence-electron chi connectivity index (χ2n) is 8.80. The average molecular weight is 615 g/mol. The molecular formula is C32H24BrNO5S. The molecule has 6 nitrogen and oxygen atoms in total. The molecule has 1 amide bonds. The molecule has 1 heterocycles. The number of amides is 1. The van der Waals surface area contributed by atoms with Gasteiger partial charge in [-0.2, -0.15) is 0 Å². The Kier molecular flexibility index (Phi) is 8.48. The van der Waals surface area contributed by atoms with Crippen molar-refractivity contribution in [3.05, 3.63) is 128 Å². The summed E-state index contributed by atoms with van der Waals surface area (Å²) >= 11 is 4.61. The number of rotatable bonds is 7. The number of carbonyl (C=O) groups is 2. The smallest absolute Gasteiger partial charge is 0.344 e. The molecule has 8 heteroatoms. The summed E-state index contributed by atoms with van der Waals surface area (Å²) in [7, 11) is 0. The van der Waals surface area contributed by atoms with Crippen molar-refractivity contribution >= 4 is 61.5 Å². The highest BCUT2D eigenvalue weighted by atomic mass is 79.9. The Hall–Kier alpha value is -4.14. The van der Waals surface area contributed by atoms with Gasteiger partial charge in [0.1, 0.15) is 28.7 Å². The van der Waals surface area contributed by atoms with Gasteiger partial charge in [0.2, 0.25) is 0 Å². The highest BCUT2D eigenvalue weighted by molar-refractivity contribution is 9.10. The van der Waals surface area contributed by atoms with E-state index >= 15 is 0 Å². The van der Waals surface area contributed by atoms with Crippen molar-refractivity contribution < 1.29 is 24.2 Å². The Morgan fingerprint density at radius 1 is 0.950 bits per heavy atom. The number of aliphatic hydroxyl groups is 1. The molecule has 0 bridgehead atoms. The first-order chi connectivity index (χ1) is 19.4. The predicted molar refractivity (Wildman–Crippen MR) is 162 cm³/mol. The average Bonchev–Trinajstić information content (AvgIpc) is 3.26.